The summed E-state index contributed by atoms with van der Waals surface area (Å²) in [6, 6.07) is 1.84. The Bertz CT molecular complexity index is 592. The highest BCUT2D eigenvalue weighted by atomic mass is 32.2. The lowest BCUT2D eigenvalue weighted by Crippen LogP contribution is -2.54. The zero-order valence-corrected chi connectivity index (χ0v) is 13.6. The van der Waals surface area contributed by atoms with E-state index in [-0.39, 0.29) is 12.1 Å². The van der Waals surface area contributed by atoms with Gasteiger partial charge in [0.05, 0.1) is 23.6 Å². The van der Waals surface area contributed by atoms with Crippen molar-refractivity contribution in [2.45, 2.75) is 56.6 Å². The molecular weight excluding hydrogens is 294 g/mol. The van der Waals surface area contributed by atoms with Gasteiger partial charge in [0.25, 0.3) is 0 Å². The fourth-order valence-corrected chi connectivity index (χ4v) is 6.54. The fourth-order valence-electron chi connectivity index (χ4n) is 3.35. The number of morpholine rings is 1. The van der Waals surface area contributed by atoms with Gasteiger partial charge in [0.15, 0.2) is 0 Å². The Kier molecular flexibility index (Phi) is 3.92. The Hall–Kier alpha value is -0.430. The third-order valence-electron chi connectivity index (χ3n) is 4.26. The Morgan fingerprint density at radius 3 is 2.75 bits per heavy atom. The Morgan fingerprint density at radius 2 is 2.05 bits per heavy atom. The van der Waals surface area contributed by atoms with Crippen LogP contribution in [0.1, 0.15) is 35.4 Å². The van der Waals surface area contributed by atoms with Gasteiger partial charge < -0.3 is 4.74 Å². The molecule has 2 aliphatic rings. The van der Waals surface area contributed by atoms with Crippen LogP contribution in [0.2, 0.25) is 0 Å². The number of ether oxygens (including phenoxy) is 1. The van der Waals surface area contributed by atoms with Crippen LogP contribution in [-0.2, 0) is 14.8 Å². The Balaban J connectivity index is 1.95. The van der Waals surface area contributed by atoms with Crippen LogP contribution < -0.4 is 0 Å². The Morgan fingerprint density at radius 1 is 1.30 bits per heavy atom. The molecule has 1 aliphatic heterocycles. The van der Waals surface area contributed by atoms with E-state index in [4.69, 9.17) is 4.74 Å². The Labute approximate surface area is 124 Å². The van der Waals surface area contributed by atoms with Gasteiger partial charge in [-0.1, -0.05) is 12.8 Å². The first-order valence-electron chi connectivity index (χ1n) is 7.20. The average molecular weight is 315 g/mol. The highest BCUT2D eigenvalue weighted by molar-refractivity contribution is 7.89. The lowest BCUT2D eigenvalue weighted by Gasteiger charge is -2.42. The summed E-state index contributed by atoms with van der Waals surface area (Å²) < 4.78 is 33.4. The lowest BCUT2D eigenvalue weighted by atomic mass is 9.91. The molecule has 3 rings (SSSR count). The maximum Gasteiger partial charge on any atom is 0.244 e. The first-order valence-corrected chi connectivity index (χ1v) is 9.46. The molecule has 1 saturated carbocycles. The van der Waals surface area contributed by atoms with Gasteiger partial charge in [-0.15, -0.1) is 11.3 Å². The molecule has 2 unspecified atom stereocenters. The van der Waals surface area contributed by atoms with E-state index >= 15 is 0 Å². The van der Waals surface area contributed by atoms with E-state index < -0.39 is 10.0 Å². The molecule has 20 heavy (non-hydrogen) atoms. The van der Waals surface area contributed by atoms with Gasteiger partial charge in [0.1, 0.15) is 0 Å². The van der Waals surface area contributed by atoms with Crippen molar-refractivity contribution in [2.24, 2.45) is 0 Å². The van der Waals surface area contributed by atoms with Gasteiger partial charge in [0.2, 0.25) is 10.0 Å². The molecule has 0 spiro atoms. The molecule has 2 heterocycles. The van der Waals surface area contributed by atoms with Crippen LogP contribution in [0.3, 0.4) is 0 Å². The van der Waals surface area contributed by atoms with Gasteiger partial charge >= 0.3 is 0 Å². The molecule has 1 saturated heterocycles. The van der Waals surface area contributed by atoms with E-state index in [1.54, 1.807) is 15.6 Å². The number of sulfonamides is 1. The number of hydrogen-bond acceptors (Lipinski definition) is 4. The second-order valence-electron chi connectivity index (χ2n) is 5.65. The molecule has 0 radical (unpaired) electrons. The van der Waals surface area contributed by atoms with Crippen molar-refractivity contribution < 1.29 is 13.2 Å². The molecule has 4 nitrogen and oxygen atoms in total. The third kappa shape index (κ3) is 2.43. The van der Waals surface area contributed by atoms with Gasteiger partial charge in [0, 0.05) is 16.3 Å². The lowest BCUT2D eigenvalue weighted by molar-refractivity contribution is -0.0586. The van der Waals surface area contributed by atoms with E-state index in [1.807, 2.05) is 19.9 Å². The van der Waals surface area contributed by atoms with Crippen molar-refractivity contribution in [3.05, 3.63) is 15.8 Å². The summed E-state index contributed by atoms with van der Waals surface area (Å²) in [4.78, 5) is 2.43. The van der Waals surface area contributed by atoms with Crippen LogP contribution in [0.25, 0.3) is 0 Å². The van der Waals surface area contributed by atoms with Crippen LogP contribution in [0.5, 0.6) is 0 Å². The zero-order chi connectivity index (χ0) is 14.3. The molecule has 112 valence electrons. The van der Waals surface area contributed by atoms with Gasteiger partial charge in [-0.3, -0.25) is 0 Å². The summed E-state index contributed by atoms with van der Waals surface area (Å²) in [5.41, 5.74) is 0. The monoisotopic (exact) mass is 315 g/mol. The van der Waals surface area contributed by atoms with E-state index in [1.165, 1.54) is 0 Å². The van der Waals surface area contributed by atoms with Gasteiger partial charge in [-0.25, -0.2) is 8.42 Å². The van der Waals surface area contributed by atoms with E-state index in [9.17, 15) is 8.42 Å². The number of hydrogen-bond donors (Lipinski definition) is 0. The summed E-state index contributed by atoms with van der Waals surface area (Å²) in [6.45, 7) is 4.85. The summed E-state index contributed by atoms with van der Waals surface area (Å²) in [6.07, 6.45) is 4.24. The smallest absolute Gasteiger partial charge is 0.244 e. The average Bonchev–Trinajstić information content (AvgIpc) is 2.78. The van der Waals surface area contributed by atoms with Crippen molar-refractivity contribution >= 4 is 21.4 Å². The summed E-state index contributed by atoms with van der Waals surface area (Å²) >= 11 is 1.55. The minimum Gasteiger partial charge on any atom is -0.375 e. The van der Waals surface area contributed by atoms with Crippen LogP contribution >= 0.6 is 11.3 Å². The summed E-state index contributed by atoms with van der Waals surface area (Å²) in [5, 5.41) is 0. The maximum atomic E-state index is 13.0. The number of thiophene rings is 1. The fraction of sp³-hybridized carbons (Fsp3) is 0.714. The number of fused-ring (bicyclic) bond motifs is 1. The van der Waals surface area contributed by atoms with Crippen molar-refractivity contribution in [1.82, 2.24) is 4.31 Å². The molecule has 2 atom stereocenters. The van der Waals surface area contributed by atoms with Crippen LogP contribution in [0, 0.1) is 13.8 Å². The largest absolute Gasteiger partial charge is 0.375 e. The predicted molar refractivity (Wildman–Crippen MR) is 79.7 cm³/mol. The van der Waals surface area contributed by atoms with Crippen LogP contribution in [0.15, 0.2) is 11.0 Å². The van der Waals surface area contributed by atoms with Crippen LogP contribution in [-0.4, -0.2) is 38.0 Å². The van der Waals surface area contributed by atoms with Crippen molar-refractivity contribution in [3.63, 3.8) is 0 Å². The quantitative estimate of drug-likeness (QED) is 0.843. The SMILES string of the molecule is Cc1cc(S(=O)(=O)N2CCOC3CCCCC32)c(C)s1. The van der Waals surface area contributed by atoms with Gasteiger partial charge in [-0.2, -0.15) is 4.31 Å². The molecule has 0 amide bonds. The minimum absolute atomic E-state index is 0.0297. The standard InChI is InChI=1S/C14H21NO3S2/c1-10-9-14(11(2)19-10)20(16,17)15-7-8-18-13-6-4-3-5-12(13)15/h9,12-13H,3-8H2,1-2H3. The molecule has 1 aromatic heterocycles. The van der Waals surface area contributed by atoms with E-state index in [0.717, 1.165) is 35.4 Å². The molecule has 0 N–H and O–H groups in total. The predicted octanol–water partition coefficient (Wildman–Crippen LogP) is 2.70. The van der Waals surface area contributed by atoms with Crippen molar-refractivity contribution in [1.29, 1.82) is 0 Å². The summed E-state index contributed by atoms with van der Waals surface area (Å²) in [5.74, 6) is 0. The van der Waals surface area contributed by atoms with Crippen LogP contribution in [0.4, 0.5) is 0 Å². The molecular formula is C14H21NO3S2. The molecule has 1 aliphatic carbocycles. The molecule has 2 fully saturated rings. The number of nitrogens with zero attached hydrogens (tertiary/aromatic N) is 1. The summed E-state index contributed by atoms with van der Waals surface area (Å²) in [7, 11) is -3.38. The topological polar surface area (TPSA) is 46.6 Å². The van der Waals surface area contributed by atoms with Crippen molar-refractivity contribution in [3.8, 4) is 0 Å². The molecule has 1 aromatic rings. The normalized spacial score (nSPS) is 28.3. The highest BCUT2D eigenvalue weighted by Crippen LogP contribution is 2.34. The van der Waals surface area contributed by atoms with E-state index in [2.05, 4.69) is 0 Å². The van der Waals surface area contributed by atoms with Gasteiger partial charge in [-0.05, 0) is 32.8 Å². The van der Waals surface area contributed by atoms with E-state index in [0.29, 0.717) is 18.0 Å². The first-order chi connectivity index (χ1) is 9.50. The first kappa shape index (κ1) is 14.5. The highest BCUT2D eigenvalue weighted by Gasteiger charge is 2.41. The molecule has 0 bridgehead atoms. The van der Waals surface area contributed by atoms with Crippen molar-refractivity contribution in [2.75, 3.05) is 13.2 Å². The second kappa shape index (κ2) is 5.40. The number of rotatable bonds is 2. The molecule has 0 aromatic carbocycles. The second-order valence-corrected chi connectivity index (χ2v) is 8.97. The number of aryl methyl sites for hydroxylation is 2. The zero-order valence-electron chi connectivity index (χ0n) is 12.0. The third-order valence-corrected chi connectivity index (χ3v) is 7.41. The minimum atomic E-state index is -3.38. The molecule has 6 heteroatoms. The maximum absolute atomic E-state index is 13.0.